The molecule has 0 aliphatic carbocycles. The number of piperidine rings is 1. The van der Waals surface area contributed by atoms with Gasteiger partial charge in [-0.25, -0.2) is 8.42 Å². The minimum Gasteiger partial charge on any atom is -0.378 e. The van der Waals surface area contributed by atoms with Gasteiger partial charge < -0.3 is 15.4 Å². The fourth-order valence-electron chi connectivity index (χ4n) is 3.19. The van der Waals surface area contributed by atoms with E-state index in [4.69, 9.17) is 4.74 Å². The first-order chi connectivity index (χ1) is 12.1. The molecule has 0 spiro atoms. The summed E-state index contributed by atoms with van der Waals surface area (Å²) in [5.74, 6) is -0.176. The van der Waals surface area contributed by atoms with E-state index in [-0.39, 0.29) is 35.8 Å². The third-order valence-corrected chi connectivity index (χ3v) is 6.60. The summed E-state index contributed by atoms with van der Waals surface area (Å²) in [7, 11) is -3.52. The highest BCUT2D eigenvalue weighted by Crippen LogP contribution is 2.23. The van der Waals surface area contributed by atoms with Crippen LogP contribution in [0, 0.1) is 0 Å². The van der Waals surface area contributed by atoms with Crippen LogP contribution in [0.4, 0.5) is 0 Å². The summed E-state index contributed by atoms with van der Waals surface area (Å²) in [5.41, 5.74) is 0.609. The van der Waals surface area contributed by atoms with Crippen molar-refractivity contribution in [2.75, 3.05) is 32.8 Å². The fraction of sp³-hybridized carbons (Fsp3) is 0.588. The molecule has 0 radical (unpaired) electrons. The highest BCUT2D eigenvalue weighted by atomic mass is 35.5. The Kier molecular flexibility index (Phi) is 7.85. The first kappa shape index (κ1) is 21.1. The lowest BCUT2D eigenvalue weighted by Gasteiger charge is -2.27. The summed E-state index contributed by atoms with van der Waals surface area (Å²) in [6.07, 6.45) is 2.86. The Balaban J connectivity index is 0.00000243. The van der Waals surface area contributed by atoms with Gasteiger partial charge in [-0.2, -0.15) is 4.31 Å². The van der Waals surface area contributed by atoms with E-state index in [0.29, 0.717) is 38.4 Å². The summed E-state index contributed by atoms with van der Waals surface area (Å²) in [5, 5.41) is 5.91. The standard InChI is InChI=1S/C17H25N3O4S.ClH/c21-17(15-13-24-11-8-18-15)19-12-14-6-2-3-7-16(14)25(22,23)20-9-4-1-5-10-20;/h2-3,6-7,15,18H,1,4-5,8-13H2,(H,19,21);1H. The van der Waals surface area contributed by atoms with Crippen LogP contribution in [-0.2, 0) is 26.1 Å². The molecule has 2 N–H and O–H groups in total. The Hall–Kier alpha value is -1.19. The SMILES string of the molecule is Cl.O=C(NCc1ccccc1S(=O)(=O)N1CCCCC1)C1COCCN1. The molecular formula is C17H26ClN3O4S. The van der Waals surface area contributed by atoms with Gasteiger partial charge in [0.2, 0.25) is 15.9 Å². The topological polar surface area (TPSA) is 87.7 Å². The van der Waals surface area contributed by atoms with E-state index in [2.05, 4.69) is 10.6 Å². The third kappa shape index (κ3) is 4.95. The zero-order valence-electron chi connectivity index (χ0n) is 14.6. The molecule has 2 aliphatic heterocycles. The number of ether oxygens (including phenoxy) is 1. The fourth-order valence-corrected chi connectivity index (χ4v) is 4.92. The molecule has 1 amide bonds. The van der Waals surface area contributed by atoms with Gasteiger partial charge in [0.05, 0.1) is 18.1 Å². The van der Waals surface area contributed by atoms with E-state index in [1.165, 1.54) is 0 Å². The number of carbonyl (C=O) groups excluding carboxylic acids is 1. The molecule has 1 unspecified atom stereocenters. The molecule has 1 aromatic rings. The van der Waals surface area contributed by atoms with E-state index in [0.717, 1.165) is 19.3 Å². The van der Waals surface area contributed by atoms with Crippen LogP contribution in [0.5, 0.6) is 0 Å². The van der Waals surface area contributed by atoms with E-state index < -0.39 is 10.0 Å². The lowest BCUT2D eigenvalue weighted by atomic mass is 10.2. The quantitative estimate of drug-likeness (QED) is 0.762. The van der Waals surface area contributed by atoms with Gasteiger partial charge in [0.25, 0.3) is 0 Å². The molecule has 0 saturated carbocycles. The molecule has 2 saturated heterocycles. The second-order valence-electron chi connectivity index (χ2n) is 6.37. The number of rotatable bonds is 5. The Labute approximate surface area is 160 Å². The van der Waals surface area contributed by atoms with Gasteiger partial charge in [0, 0.05) is 26.2 Å². The Morgan fingerprint density at radius 1 is 1.23 bits per heavy atom. The van der Waals surface area contributed by atoms with Crippen LogP contribution in [0.25, 0.3) is 0 Å². The van der Waals surface area contributed by atoms with Crippen molar-refractivity contribution < 1.29 is 17.9 Å². The smallest absolute Gasteiger partial charge is 0.243 e. The summed E-state index contributed by atoms with van der Waals surface area (Å²) >= 11 is 0. The van der Waals surface area contributed by atoms with E-state index in [1.54, 1.807) is 28.6 Å². The van der Waals surface area contributed by atoms with Crippen molar-refractivity contribution in [3.63, 3.8) is 0 Å². The molecule has 0 bridgehead atoms. The van der Waals surface area contributed by atoms with Crippen molar-refractivity contribution in [1.82, 2.24) is 14.9 Å². The van der Waals surface area contributed by atoms with Gasteiger partial charge in [-0.15, -0.1) is 12.4 Å². The zero-order valence-corrected chi connectivity index (χ0v) is 16.3. The predicted molar refractivity (Wildman–Crippen MR) is 101 cm³/mol. The normalized spacial score (nSPS) is 21.6. The van der Waals surface area contributed by atoms with Gasteiger partial charge in [-0.3, -0.25) is 4.79 Å². The van der Waals surface area contributed by atoms with Crippen molar-refractivity contribution in [2.24, 2.45) is 0 Å². The first-order valence-corrected chi connectivity index (χ1v) is 10.2. The maximum atomic E-state index is 12.9. The van der Waals surface area contributed by atoms with Crippen LogP contribution >= 0.6 is 12.4 Å². The third-order valence-electron chi connectivity index (χ3n) is 4.60. The van der Waals surface area contributed by atoms with Crippen molar-refractivity contribution in [3.05, 3.63) is 29.8 Å². The van der Waals surface area contributed by atoms with Gasteiger partial charge in [-0.1, -0.05) is 24.6 Å². The maximum absolute atomic E-state index is 12.9. The van der Waals surface area contributed by atoms with Crippen molar-refractivity contribution >= 4 is 28.3 Å². The number of sulfonamides is 1. The second-order valence-corrected chi connectivity index (χ2v) is 8.28. The monoisotopic (exact) mass is 403 g/mol. The van der Waals surface area contributed by atoms with Gasteiger partial charge in [-0.05, 0) is 24.5 Å². The molecule has 1 atom stereocenters. The Bertz CT molecular complexity index is 702. The number of halogens is 1. The summed E-state index contributed by atoms with van der Waals surface area (Å²) in [6.45, 7) is 2.87. The van der Waals surface area contributed by atoms with Crippen LogP contribution < -0.4 is 10.6 Å². The lowest BCUT2D eigenvalue weighted by Crippen LogP contribution is -2.51. The van der Waals surface area contributed by atoms with Gasteiger partial charge >= 0.3 is 0 Å². The molecule has 1 aromatic carbocycles. The molecule has 2 heterocycles. The average Bonchev–Trinajstić information content (AvgIpc) is 2.67. The first-order valence-electron chi connectivity index (χ1n) is 8.76. The number of amides is 1. The number of benzene rings is 1. The van der Waals surface area contributed by atoms with Crippen molar-refractivity contribution in [3.8, 4) is 0 Å². The van der Waals surface area contributed by atoms with Crippen LogP contribution in [0.2, 0.25) is 0 Å². The average molecular weight is 404 g/mol. The number of nitrogens with one attached hydrogen (secondary N) is 2. The number of morpholine rings is 1. The van der Waals surface area contributed by atoms with Crippen LogP contribution in [0.15, 0.2) is 29.2 Å². The molecule has 26 heavy (non-hydrogen) atoms. The molecule has 146 valence electrons. The molecule has 7 nitrogen and oxygen atoms in total. The Morgan fingerprint density at radius 3 is 2.65 bits per heavy atom. The van der Waals surface area contributed by atoms with Gasteiger partial charge in [0.15, 0.2) is 0 Å². The molecule has 2 aliphatic rings. The minimum absolute atomic E-state index is 0. The van der Waals surface area contributed by atoms with Crippen LogP contribution in [-0.4, -0.2) is 57.5 Å². The van der Waals surface area contributed by atoms with Crippen LogP contribution in [0.3, 0.4) is 0 Å². The molecule has 3 rings (SSSR count). The Morgan fingerprint density at radius 2 is 1.96 bits per heavy atom. The zero-order chi connectivity index (χ0) is 17.7. The van der Waals surface area contributed by atoms with E-state index in [1.807, 2.05) is 0 Å². The van der Waals surface area contributed by atoms with Crippen LogP contribution in [0.1, 0.15) is 24.8 Å². The molecular weight excluding hydrogens is 378 g/mol. The van der Waals surface area contributed by atoms with E-state index in [9.17, 15) is 13.2 Å². The second kappa shape index (κ2) is 9.66. The van der Waals surface area contributed by atoms with Gasteiger partial charge in [0.1, 0.15) is 6.04 Å². The summed E-state index contributed by atoms with van der Waals surface area (Å²) in [4.78, 5) is 12.5. The van der Waals surface area contributed by atoms with Crippen molar-refractivity contribution in [1.29, 1.82) is 0 Å². The predicted octanol–water partition coefficient (Wildman–Crippen LogP) is 0.888. The largest absolute Gasteiger partial charge is 0.378 e. The minimum atomic E-state index is -3.52. The number of hydrogen-bond acceptors (Lipinski definition) is 5. The van der Waals surface area contributed by atoms with Crippen molar-refractivity contribution in [2.45, 2.75) is 36.7 Å². The molecule has 9 heteroatoms. The highest BCUT2D eigenvalue weighted by molar-refractivity contribution is 7.89. The highest BCUT2D eigenvalue weighted by Gasteiger charge is 2.28. The molecule has 0 aromatic heterocycles. The number of hydrogen-bond donors (Lipinski definition) is 2. The van der Waals surface area contributed by atoms with E-state index >= 15 is 0 Å². The number of nitrogens with zero attached hydrogens (tertiary/aromatic N) is 1. The maximum Gasteiger partial charge on any atom is 0.243 e. The summed E-state index contributed by atoms with van der Waals surface area (Å²) in [6, 6.07) is 6.49. The number of carbonyl (C=O) groups is 1. The lowest BCUT2D eigenvalue weighted by molar-refractivity contribution is -0.126. The summed E-state index contributed by atoms with van der Waals surface area (Å²) < 4.78 is 32.7. The molecule has 2 fully saturated rings.